The van der Waals surface area contributed by atoms with Gasteiger partial charge in [-0.25, -0.2) is 0 Å². The van der Waals surface area contributed by atoms with Gasteiger partial charge in [0.05, 0.1) is 18.1 Å². The first-order valence-electron chi connectivity index (χ1n) is 7.48. The number of carbonyl (C=O) groups is 1. The van der Waals surface area contributed by atoms with Crippen LogP contribution in [0.1, 0.15) is 43.6 Å². The number of nitrogens with two attached hydrogens (primary N) is 1. The number of amides is 1. The first kappa shape index (κ1) is 13.4. The summed E-state index contributed by atoms with van der Waals surface area (Å²) in [5.74, 6) is 0.837. The summed E-state index contributed by atoms with van der Waals surface area (Å²) in [7, 11) is 0. The van der Waals surface area contributed by atoms with Gasteiger partial charge in [-0.1, -0.05) is 31.0 Å². The zero-order chi connectivity index (χ0) is 14.0. The maximum atomic E-state index is 12.7. The van der Waals surface area contributed by atoms with Gasteiger partial charge in [-0.3, -0.25) is 4.79 Å². The summed E-state index contributed by atoms with van der Waals surface area (Å²) < 4.78 is 5.62. The van der Waals surface area contributed by atoms with Gasteiger partial charge in [-0.2, -0.15) is 0 Å². The van der Waals surface area contributed by atoms with Gasteiger partial charge in [-0.15, -0.1) is 0 Å². The highest BCUT2D eigenvalue weighted by molar-refractivity contribution is 5.85. The Balaban J connectivity index is 1.78. The average molecular weight is 274 g/mol. The van der Waals surface area contributed by atoms with Gasteiger partial charge in [0.15, 0.2) is 0 Å². The number of hydrogen-bond acceptors (Lipinski definition) is 3. The van der Waals surface area contributed by atoms with E-state index in [1.165, 1.54) is 0 Å². The normalized spacial score (nSPS) is 23.8. The first-order valence-corrected chi connectivity index (χ1v) is 7.48. The summed E-state index contributed by atoms with van der Waals surface area (Å²) in [5.41, 5.74) is 6.73. The molecule has 1 aromatic carbocycles. The van der Waals surface area contributed by atoms with E-state index in [0.717, 1.165) is 43.4 Å². The van der Waals surface area contributed by atoms with E-state index in [0.29, 0.717) is 13.2 Å². The molecule has 0 spiro atoms. The van der Waals surface area contributed by atoms with E-state index in [9.17, 15) is 4.79 Å². The second-order valence-corrected chi connectivity index (χ2v) is 5.91. The van der Waals surface area contributed by atoms with Crippen LogP contribution in [0.5, 0.6) is 5.75 Å². The van der Waals surface area contributed by atoms with Crippen LogP contribution in [0.15, 0.2) is 24.3 Å². The molecule has 4 nitrogen and oxygen atoms in total. The van der Waals surface area contributed by atoms with E-state index in [-0.39, 0.29) is 17.4 Å². The number of para-hydroxylation sites is 1. The quantitative estimate of drug-likeness (QED) is 0.885. The van der Waals surface area contributed by atoms with Crippen molar-refractivity contribution in [1.29, 1.82) is 0 Å². The van der Waals surface area contributed by atoms with E-state index in [4.69, 9.17) is 10.5 Å². The van der Waals surface area contributed by atoms with E-state index < -0.39 is 0 Å². The van der Waals surface area contributed by atoms with Crippen molar-refractivity contribution < 1.29 is 9.53 Å². The lowest BCUT2D eigenvalue weighted by atomic mass is 9.90. The molecule has 20 heavy (non-hydrogen) atoms. The number of rotatable bonds is 3. The number of hydrogen-bond donors (Lipinski definition) is 2. The highest BCUT2D eigenvalue weighted by Gasteiger charge is 2.37. The largest absolute Gasteiger partial charge is 0.493 e. The van der Waals surface area contributed by atoms with Crippen LogP contribution in [0.3, 0.4) is 0 Å². The van der Waals surface area contributed by atoms with Crippen LogP contribution in [-0.4, -0.2) is 24.6 Å². The predicted molar refractivity (Wildman–Crippen MR) is 77.7 cm³/mol. The summed E-state index contributed by atoms with van der Waals surface area (Å²) in [4.78, 5) is 12.7. The van der Waals surface area contributed by atoms with Gasteiger partial charge in [0, 0.05) is 12.1 Å². The number of ether oxygens (including phenoxy) is 1. The maximum Gasteiger partial charge on any atom is 0.228 e. The van der Waals surface area contributed by atoms with Crippen LogP contribution in [-0.2, 0) is 4.79 Å². The van der Waals surface area contributed by atoms with Crippen molar-refractivity contribution in [2.75, 3.05) is 13.2 Å². The molecule has 1 saturated carbocycles. The number of carbonyl (C=O) groups excluding carboxylic acids is 1. The molecule has 0 aromatic heterocycles. The lowest BCUT2D eigenvalue weighted by Gasteiger charge is -2.32. The molecule has 0 bridgehead atoms. The lowest BCUT2D eigenvalue weighted by molar-refractivity contribution is -0.125. The van der Waals surface area contributed by atoms with E-state index in [1.54, 1.807) is 0 Å². The topological polar surface area (TPSA) is 64.3 Å². The Bertz CT molecular complexity index is 495. The van der Waals surface area contributed by atoms with Crippen molar-refractivity contribution in [3.8, 4) is 5.75 Å². The molecular weight excluding hydrogens is 252 g/mol. The van der Waals surface area contributed by atoms with Crippen molar-refractivity contribution in [2.45, 2.75) is 43.6 Å². The number of benzene rings is 1. The molecule has 1 amide bonds. The van der Waals surface area contributed by atoms with Gasteiger partial charge in [-0.05, 0) is 25.3 Å². The molecule has 1 fully saturated rings. The van der Waals surface area contributed by atoms with E-state index in [1.807, 2.05) is 24.3 Å². The number of nitrogens with one attached hydrogen (secondary N) is 1. The van der Waals surface area contributed by atoms with Gasteiger partial charge < -0.3 is 15.8 Å². The summed E-state index contributed by atoms with van der Waals surface area (Å²) >= 11 is 0. The Kier molecular flexibility index (Phi) is 3.66. The standard InChI is InChI=1S/C16H22N2O2/c17-11-16(8-3-4-9-16)18-15(19)13-7-10-20-14-6-2-1-5-12(13)14/h1-2,5-6,13H,3-4,7-11,17H2,(H,18,19). The summed E-state index contributed by atoms with van der Waals surface area (Å²) in [6.45, 7) is 1.13. The molecule has 1 heterocycles. The Morgan fingerprint density at radius 3 is 2.85 bits per heavy atom. The Labute approximate surface area is 119 Å². The predicted octanol–water partition coefficient (Wildman–Crippen LogP) is 1.94. The average Bonchev–Trinajstić information content (AvgIpc) is 2.95. The van der Waals surface area contributed by atoms with Crippen LogP contribution in [0.2, 0.25) is 0 Å². The molecule has 1 aliphatic carbocycles. The molecule has 0 saturated heterocycles. The summed E-state index contributed by atoms with van der Waals surface area (Å²) in [6, 6.07) is 7.82. The SMILES string of the molecule is NCC1(NC(=O)C2CCOc3ccccc32)CCCC1. The van der Waals surface area contributed by atoms with Gasteiger partial charge >= 0.3 is 0 Å². The molecular formula is C16H22N2O2. The zero-order valence-corrected chi connectivity index (χ0v) is 11.7. The van der Waals surface area contributed by atoms with Crippen molar-refractivity contribution >= 4 is 5.91 Å². The fourth-order valence-corrected chi connectivity index (χ4v) is 3.39. The second-order valence-electron chi connectivity index (χ2n) is 5.91. The highest BCUT2D eigenvalue weighted by Crippen LogP contribution is 2.35. The minimum absolute atomic E-state index is 0.105. The number of fused-ring (bicyclic) bond motifs is 1. The molecule has 3 rings (SSSR count). The van der Waals surface area contributed by atoms with Gasteiger partial charge in [0.25, 0.3) is 0 Å². The monoisotopic (exact) mass is 274 g/mol. The third-order valence-electron chi connectivity index (χ3n) is 4.61. The third-order valence-corrected chi connectivity index (χ3v) is 4.61. The Morgan fingerprint density at radius 1 is 1.35 bits per heavy atom. The second kappa shape index (κ2) is 5.44. The van der Waals surface area contributed by atoms with Crippen LogP contribution in [0.4, 0.5) is 0 Å². The zero-order valence-electron chi connectivity index (χ0n) is 11.7. The molecule has 0 radical (unpaired) electrons. The lowest BCUT2D eigenvalue weighted by Crippen LogP contribution is -2.53. The molecule has 2 aliphatic rings. The van der Waals surface area contributed by atoms with Gasteiger partial charge in [0.2, 0.25) is 5.91 Å². The van der Waals surface area contributed by atoms with Crippen molar-refractivity contribution in [2.24, 2.45) is 5.73 Å². The Hall–Kier alpha value is -1.55. The molecule has 3 N–H and O–H groups in total. The maximum absolute atomic E-state index is 12.7. The van der Waals surface area contributed by atoms with Crippen molar-refractivity contribution in [3.05, 3.63) is 29.8 Å². The van der Waals surface area contributed by atoms with Crippen molar-refractivity contribution in [3.63, 3.8) is 0 Å². The van der Waals surface area contributed by atoms with E-state index >= 15 is 0 Å². The molecule has 1 aromatic rings. The fourth-order valence-electron chi connectivity index (χ4n) is 3.39. The smallest absolute Gasteiger partial charge is 0.228 e. The minimum atomic E-state index is -0.176. The van der Waals surface area contributed by atoms with Crippen LogP contribution in [0, 0.1) is 0 Å². The highest BCUT2D eigenvalue weighted by atomic mass is 16.5. The third kappa shape index (κ3) is 2.40. The molecule has 1 aliphatic heterocycles. The summed E-state index contributed by atoms with van der Waals surface area (Å²) in [5, 5.41) is 3.23. The van der Waals surface area contributed by atoms with Crippen molar-refractivity contribution in [1.82, 2.24) is 5.32 Å². The van der Waals surface area contributed by atoms with Crippen LogP contribution in [0.25, 0.3) is 0 Å². The summed E-state index contributed by atoms with van der Waals surface area (Å²) in [6.07, 6.45) is 5.05. The van der Waals surface area contributed by atoms with Crippen LogP contribution < -0.4 is 15.8 Å². The molecule has 1 atom stereocenters. The molecule has 4 heteroatoms. The first-order chi connectivity index (χ1) is 9.74. The minimum Gasteiger partial charge on any atom is -0.493 e. The van der Waals surface area contributed by atoms with Gasteiger partial charge in [0.1, 0.15) is 5.75 Å². The fraction of sp³-hybridized carbons (Fsp3) is 0.562. The van der Waals surface area contributed by atoms with E-state index in [2.05, 4.69) is 5.32 Å². The molecule has 108 valence electrons. The Morgan fingerprint density at radius 2 is 2.10 bits per heavy atom. The van der Waals surface area contributed by atoms with Crippen LogP contribution >= 0.6 is 0 Å². The molecule has 1 unspecified atom stereocenters.